The summed E-state index contributed by atoms with van der Waals surface area (Å²) < 4.78 is 35.9. The van der Waals surface area contributed by atoms with Gasteiger partial charge >= 0.3 is 0 Å². The number of benzene rings is 12. The van der Waals surface area contributed by atoms with E-state index >= 15 is 8.78 Å². The van der Waals surface area contributed by atoms with E-state index in [1.807, 2.05) is 135 Å². The van der Waals surface area contributed by atoms with Crippen LogP contribution >= 0.6 is 0 Å². The van der Waals surface area contributed by atoms with E-state index in [9.17, 15) is 5.26 Å². The highest BCUT2D eigenvalue weighted by Crippen LogP contribution is 2.52. The van der Waals surface area contributed by atoms with Gasteiger partial charge in [-0.1, -0.05) is 168 Å². The molecule has 0 aliphatic rings. The van der Waals surface area contributed by atoms with Crippen LogP contribution in [0.4, 0.5) is 48.6 Å². The molecule has 0 amide bonds. The van der Waals surface area contributed by atoms with Gasteiger partial charge in [-0.05, 0) is 155 Å². The van der Waals surface area contributed by atoms with E-state index in [0.717, 1.165) is 99.3 Å². The van der Waals surface area contributed by atoms with Gasteiger partial charge in [0, 0.05) is 33.3 Å². The monoisotopic (exact) mass is 982 g/mol. The molecule has 12 aromatic carbocycles. The summed E-state index contributed by atoms with van der Waals surface area (Å²) in [6, 6.07) is 73.6. The highest BCUT2D eigenvalue weighted by atomic mass is 19.1. The van der Waals surface area contributed by atoms with Crippen molar-refractivity contribution in [2.24, 2.45) is 0 Å². The Bertz CT molecular complexity index is 4050. The first-order chi connectivity index (χ1) is 37.0. The Morgan fingerprint density at radius 2 is 0.789 bits per heavy atom. The van der Waals surface area contributed by atoms with Crippen LogP contribution in [-0.4, -0.2) is 0 Å². The van der Waals surface area contributed by atoms with Gasteiger partial charge in [-0.15, -0.1) is 0 Å². The molecule has 0 aliphatic heterocycles. The average molecular weight is 983 g/mol. The third-order valence-corrected chi connectivity index (χ3v) is 14.5. The van der Waals surface area contributed by atoms with Gasteiger partial charge in [-0.2, -0.15) is 5.26 Å². The molecule has 0 aliphatic carbocycles. The summed E-state index contributed by atoms with van der Waals surface area (Å²) in [6.07, 6.45) is 0. The number of hydrogen-bond acceptors (Lipinski definition) is 3. The standard InChI is InChI=1S/C70H48F2N4/c1-43-10-6-14-50(34-43)54-38-61(52-16-8-12-45(3)36-52)69(63(71)40-54)75(57-26-18-47(42-73)19-27-57)65-32-22-48-21-31-60-66(33-23-49-20-30-59(65)67(48)68(49)60)76(58-28-24-56(74-5)25-29-58)70-62(53-17-9-13-46(4)37-53)39-55(41-64(70)72)51-15-7-11-44(2)35-51/h6-41H,1-4H3. The molecule has 76 heavy (non-hydrogen) atoms. The Balaban J connectivity index is 1.13. The molecule has 0 fully saturated rings. The zero-order chi connectivity index (χ0) is 52.2. The van der Waals surface area contributed by atoms with Crippen molar-refractivity contribution in [1.29, 1.82) is 5.26 Å². The molecule has 0 N–H and O–H groups in total. The maximum absolute atomic E-state index is 18.0. The van der Waals surface area contributed by atoms with Crippen LogP contribution in [0.2, 0.25) is 0 Å². The van der Waals surface area contributed by atoms with Crippen LogP contribution in [-0.2, 0) is 0 Å². The van der Waals surface area contributed by atoms with Gasteiger partial charge in [0.1, 0.15) is 11.6 Å². The second-order valence-corrected chi connectivity index (χ2v) is 19.7. The maximum Gasteiger partial charge on any atom is 0.187 e. The highest BCUT2D eigenvalue weighted by molar-refractivity contribution is 6.28. The predicted molar refractivity (Wildman–Crippen MR) is 311 cm³/mol. The second kappa shape index (κ2) is 19.2. The van der Waals surface area contributed by atoms with Gasteiger partial charge in [0.05, 0.1) is 41.0 Å². The van der Waals surface area contributed by atoms with Crippen molar-refractivity contribution in [3.05, 3.63) is 269 Å². The molecule has 6 heteroatoms. The Hall–Kier alpha value is -9.88. The lowest BCUT2D eigenvalue weighted by atomic mass is 9.90. The zero-order valence-electron chi connectivity index (χ0n) is 42.3. The molecule has 0 saturated carbocycles. The van der Waals surface area contributed by atoms with E-state index in [1.54, 1.807) is 36.4 Å². The average Bonchev–Trinajstić information content (AvgIpc) is 3.61. The fourth-order valence-electron chi connectivity index (χ4n) is 11.0. The van der Waals surface area contributed by atoms with Crippen LogP contribution in [0.15, 0.2) is 218 Å². The lowest BCUT2D eigenvalue weighted by Gasteiger charge is -2.32. The number of aryl methyl sites for hydroxylation is 4. The molecule has 0 atom stereocenters. The summed E-state index contributed by atoms with van der Waals surface area (Å²) in [5.41, 5.74) is 15.2. The van der Waals surface area contributed by atoms with E-state index in [2.05, 4.69) is 95.8 Å². The molecule has 0 bridgehead atoms. The number of nitriles is 1. The molecule has 12 aromatic rings. The second-order valence-electron chi connectivity index (χ2n) is 19.7. The summed E-state index contributed by atoms with van der Waals surface area (Å²) in [6.45, 7) is 16.0. The molecule has 0 radical (unpaired) electrons. The van der Waals surface area contributed by atoms with Crippen molar-refractivity contribution in [2.45, 2.75) is 27.7 Å². The molecule has 0 aromatic heterocycles. The van der Waals surface area contributed by atoms with E-state index < -0.39 is 11.6 Å². The molecule has 4 nitrogen and oxygen atoms in total. The zero-order valence-corrected chi connectivity index (χ0v) is 42.3. The smallest absolute Gasteiger partial charge is 0.187 e. The van der Waals surface area contributed by atoms with Gasteiger partial charge in [-0.3, -0.25) is 0 Å². The first-order valence-electron chi connectivity index (χ1n) is 25.3. The van der Waals surface area contributed by atoms with Crippen molar-refractivity contribution in [1.82, 2.24) is 0 Å². The number of anilines is 6. The normalized spacial score (nSPS) is 11.3. The topological polar surface area (TPSA) is 34.6 Å². The van der Waals surface area contributed by atoms with Crippen molar-refractivity contribution < 1.29 is 8.78 Å². The number of halogens is 2. The molecule has 0 unspecified atom stereocenters. The van der Waals surface area contributed by atoms with Crippen LogP contribution in [0.1, 0.15) is 27.8 Å². The number of nitrogens with zero attached hydrogens (tertiary/aromatic N) is 4. The Morgan fingerprint density at radius 1 is 0.408 bits per heavy atom. The van der Waals surface area contributed by atoms with Gasteiger partial charge in [0.2, 0.25) is 0 Å². The van der Waals surface area contributed by atoms with Crippen LogP contribution in [0.25, 0.3) is 81.7 Å². The van der Waals surface area contributed by atoms with E-state index in [4.69, 9.17) is 6.57 Å². The van der Waals surface area contributed by atoms with Gasteiger partial charge in [-0.25, -0.2) is 13.6 Å². The molecular formula is C70H48F2N4. The highest BCUT2D eigenvalue weighted by Gasteiger charge is 2.28. The minimum atomic E-state index is -0.410. The molecule has 362 valence electrons. The van der Waals surface area contributed by atoms with E-state index in [0.29, 0.717) is 45.1 Å². The third kappa shape index (κ3) is 8.43. The molecule has 0 saturated heterocycles. The van der Waals surface area contributed by atoms with Crippen molar-refractivity contribution >= 4 is 72.1 Å². The maximum atomic E-state index is 18.0. The van der Waals surface area contributed by atoms with Crippen LogP contribution in [0.5, 0.6) is 0 Å². The van der Waals surface area contributed by atoms with Crippen LogP contribution < -0.4 is 9.80 Å². The fraction of sp³-hybridized carbons (Fsp3) is 0.0571. The molecule has 0 spiro atoms. The minimum absolute atomic E-state index is 0.365. The van der Waals surface area contributed by atoms with Crippen molar-refractivity contribution in [2.75, 3.05) is 9.80 Å². The summed E-state index contributed by atoms with van der Waals surface area (Å²) in [4.78, 5) is 7.70. The first kappa shape index (κ1) is 47.1. The number of hydrogen-bond donors (Lipinski definition) is 0. The molecule has 0 heterocycles. The fourth-order valence-corrected chi connectivity index (χ4v) is 11.0. The van der Waals surface area contributed by atoms with Gasteiger partial charge in [0.15, 0.2) is 5.69 Å². The third-order valence-electron chi connectivity index (χ3n) is 14.5. The van der Waals surface area contributed by atoms with Crippen molar-refractivity contribution in [3.8, 4) is 50.6 Å². The number of rotatable bonds is 10. The van der Waals surface area contributed by atoms with Gasteiger partial charge < -0.3 is 9.80 Å². The Morgan fingerprint density at radius 3 is 1.18 bits per heavy atom. The van der Waals surface area contributed by atoms with Crippen molar-refractivity contribution in [3.63, 3.8) is 0 Å². The summed E-state index contributed by atoms with van der Waals surface area (Å²) in [7, 11) is 0. The largest absolute Gasteiger partial charge is 0.307 e. The summed E-state index contributed by atoms with van der Waals surface area (Å²) in [5.74, 6) is -0.816. The Labute approximate surface area is 441 Å². The Kier molecular flexibility index (Phi) is 11.9. The van der Waals surface area contributed by atoms with Crippen LogP contribution in [0, 0.1) is 57.2 Å². The lowest BCUT2D eigenvalue weighted by molar-refractivity contribution is 0.629. The SMILES string of the molecule is [C-]#[N+]c1ccc(N(c2c(F)cc(-c3cccc(C)c3)cc2-c2cccc(C)c2)c2ccc3ccc4c(N(c5ccc(C#N)cc5)c5c(F)cc(-c6cccc(C)c6)cc5-c5cccc(C)c5)ccc5ccc2c3c54)cc1. The minimum Gasteiger partial charge on any atom is -0.307 e. The van der Waals surface area contributed by atoms with E-state index in [1.165, 1.54) is 0 Å². The first-order valence-corrected chi connectivity index (χ1v) is 25.3. The van der Waals surface area contributed by atoms with Gasteiger partial charge in [0.25, 0.3) is 0 Å². The lowest BCUT2D eigenvalue weighted by Crippen LogP contribution is -2.15. The van der Waals surface area contributed by atoms with Crippen LogP contribution in [0.3, 0.4) is 0 Å². The molecule has 12 rings (SSSR count). The molecular weight excluding hydrogens is 935 g/mol. The predicted octanol–water partition coefficient (Wildman–Crippen LogP) is 20.1. The summed E-state index contributed by atoms with van der Waals surface area (Å²) >= 11 is 0. The summed E-state index contributed by atoms with van der Waals surface area (Å²) in [5, 5.41) is 15.6. The van der Waals surface area contributed by atoms with E-state index in [-0.39, 0.29) is 0 Å². The quantitative estimate of drug-likeness (QED) is 0.101.